The maximum atomic E-state index is 12.3. The first kappa shape index (κ1) is 17.5. The quantitative estimate of drug-likeness (QED) is 0.737. The van der Waals surface area contributed by atoms with Crippen LogP contribution < -0.4 is 10.2 Å². The molecule has 4 rings (SSSR count). The lowest BCUT2D eigenvalue weighted by Crippen LogP contribution is -2.54. The van der Waals surface area contributed by atoms with Crippen molar-refractivity contribution in [3.63, 3.8) is 0 Å². The summed E-state index contributed by atoms with van der Waals surface area (Å²) in [5.41, 5.74) is 2.97. The molecule has 1 aliphatic rings. The minimum absolute atomic E-state index is 0.0209. The normalized spacial score (nSPS) is 13.9. The van der Waals surface area contributed by atoms with Gasteiger partial charge in [-0.05, 0) is 17.7 Å². The Morgan fingerprint density at radius 2 is 1.81 bits per heavy atom. The molecule has 0 aliphatic carbocycles. The molecule has 0 unspecified atom stereocenters. The van der Waals surface area contributed by atoms with Gasteiger partial charge in [0.25, 0.3) is 0 Å². The molecule has 5 nitrogen and oxygen atoms in total. The van der Waals surface area contributed by atoms with E-state index >= 15 is 0 Å². The summed E-state index contributed by atoms with van der Waals surface area (Å²) in [7, 11) is 0. The summed E-state index contributed by atoms with van der Waals surface area (Å²) in [6, 6.07) is 19.5. The Kier molecular flexibility index (Phi) is 5.03. The van der Waals surface area contributed by atoms with Crippen molar-refractivity contribution in [1.82, 2.24) is 15.3 Å². The SMILES string of the molecule is O=C(NCc1ccc(Cl)cc1)C1CN(c2cc(-c3ccccc3)ncn2)C1. The smallest absolute Gasteiger partial charge is 0.226 e. The number of aromatic nitrogens is 2. The highest BCUT2D eigenvalue weighted by molar-refractivity contribution is 6.30. The van der Waals surface area contributed by atoms with Crippen LogP contribution >= 0.6 is 11.6 Å². The van der Waals surface area contributed by atoms with Crippen LogP contribution in [0.15, 0.2) is 67.0 Å². The van der Waals surface area contributed by atoms with Crippen LogP contribution in [0.5, 0.6) is 0 Å². The lowest BCUT2D eigenvalue weighted by atomic mass is 9.99. The van der Waals surface area contributed by atoms with Gasteiger partial charge in [0.2, 0.25) is 5.91 Å². The first-order valence-corrected chi connectivity index (χ1v) is 9.21. The maximum Gasteiger partial charge on any atom is 0.226 e. The van der Waals surface area contributed by atoms with Crippen LogP contribution in [0.25, 0.3) is 11.3 Å². The third-order valence-corrected chi connectivity index (χ3v) is 4.93. The van der Waals surface area contributed by atoms with E-state index < -0.39 is 0 Å². The Bertz CT molecular complexity index is 924. The fourth-order valence-electron chi connectivity index (χ4n) is 3.05. The molecule has 0 spiro atoms. The van der Waals surface area contributed by atoms with E-state index in [-0.39, 0.29) is 11.8 Å². The van der Waals surface area contributed by atoms with Crippen molar-refractivity contribution in [3.8, 4) is 11.3 Å². The summed E-state index contributed by atoms with van der Waals surface area (Å²) < 4.78 is 0. The average Bonchev–Trinajstić information content (AvgIpc) is 2.67. The number of hydrogen-bond acceptors (Lipinski definition) is 4. The average molecular weight is 379 g/mol. The molecule has 0 radical (unpaired) electrons. The molecular formula is C21H19ClN4O. The van der Waals surface area contributed by atoms with E-state index in [0.29, 0.717) is 24.7 Å². The summed E-state index contributed by atoms with van der Waals surface area (Å²) in [4.78, 5) is 23.1. The zero-order valence-corrected chi connectivity index (χ0v) is 15.4. The summed E-state index contributed by atoms with van der Waals surface area (Å²) in [5, 5.41) is 3.68. The lowest BCUT2D eigenvalue weighted by molar-refractivity contribution is -0.125. The Morgan fingerprint density at radius 3 is 2.56 bits per heavy atom. The summed E-state index contributed by atoms with van der Waals surface area (Å²) in [6.07, 6.45) is 1.57. The number of nitrogens with zero attached hydrogens (tertiary/aromatic N) is 3. The van der Waals surface area contributed by atoms with Crippen molar-refractivity contribution in [2.45, 2.75) is 6.54 Å². The Labute approximate surface area is 163 Å². The van der Waals surface area contributed by atoms with Gasteiger partial charge in [-0.25, -0.2) is 9.97 Å². The first-order valence-electron chi connectivity index (χ1n) is 8.83. The molecule has 2 aromatic carbocycles. The van der Waals surface area contributed by atoms with Gasteiger partial charge in [-0.1, -0.05) is 54.1 Å². The zero-order chi connectivity index (χ0) is 18.6. The van der Waals surface area contributed by atoms with Crippen LogP contribution in [0.4, 0.5) is 5.82 Å². The second-order valence-corrected chi connectivity index (χ2v) is 7.01. The number of rotatable bonds is 5. The predicted octanol–water partition coefficient (Wildman–Crippen LogP) is 3.55. The van der Waals surface area contributed by atoms with E-state index in [1.165, 1.54) is 0 Å². The minimum Gasteiger partial charge on any atom is -0.355 e. The highest BCUT2D eigenvalue weighted by atomic mass is 35.5. The topological polar surface area (TPSA) is 58.1 Å². The molecule has 6 heteroatoms. The van der Waals surface area contributed by atoms with E-state index in [2.05, 4.69) is 20.2 Å². The monoisotopic (exact) mass is 378 g/mol. The number of nitrogens with one attached hydrogen (secondary N) is 1. The molecule has 0 saturated carbocycles. The highest BCUT2D eigenvalue weighted by Crippen LogP contribution is 2.26. The van der Waals surface area contributed by atoms with Crippen LogP contribution in [-0.4, -0.2) is 29.0 Å². The fourth-order valence-corrected chi connectivity index (χ4v) is 3.18. The van der Waals surface area contributed by atoms with Gasteiger partial charge in [0.05, 0.1) is 11.6 Å². The number of halogens is 1. The van der Waals surface area contributed by atoms with Crippen LogP contribution in [-0.2, 0) is 11.3 Å². The van der Waals surface area contributed by atoms with Gasteiger partial charge in [-0.2, -0.15) is 0 Å². The lowest BCUT2D eigenvalue weighted by Gasteiger charge is -2.39. The van der Waals surface area contributed by atoms with Crippen LogP contribution in [0.1, 0.15) is 5.56 Å². The molecule has 1 aromatic heterocycles. The molecule has 1 aliphatic heterocycles. The largest absolute Gasteiger partial charge is 0.355 e. The van der Waals surface area contributed by atoms with E-state index in [0.717, 1.165) is 22.6 Å². The maximum absolute atomic E-state index is 12.3. The van der Waals surface area contributed by atoms with Crippen LogP contribution in [0, 0.1) is 5.92 Å². The van der Waals surface area contributed by atoms with Crippen LogP contribution in [0.2, 0.25) is 5.02 Å². The molecule has 136 valence electrons. The third-order valence-electron chi connectivity index (χ3n) is 4.68. The Hall–Kier alpha value is -2.92. The van der Waals surface area contributed by atoms with Crippen molar-refractivity contribution in [2.24, 2.45) is 5.92 Å². The van der Waals surface area contributed by atoms with E-state index in [9.17, 15) is 4.79 Å². The van der Waals surface area contributed by atoms with Crippen molar-refractivity contribution in [2.75, 3.05) is 18.0 Å². The number of carbonyl (C=O) groups is 1. The van der Waals surface area contributed by atoms with Gasteiger partial charge in [0, 0.05) is 36.3 Å². The molecule has 27 heavy (non-hydrogen) atoms. The zero-order valence-electron chi connectivity index (χ0n) is 14.7. The van der Waals surface area contributed by atoms with Gasteiger partial charge in [-0.3, -0.25) is 4.79 Å². The Morgan fingerprint density at radius 1 is 1.07 bits per heavy atom. The third kappa shape index (κ3) is 4.09. The number of amides is 1. The number of anilines is 1. The standard InChI is InChI=1S/C21H19ClN4O/c22-18-8-6-15(7-9-18)11-23-21(27)17-12-26(13-17)20-10-19(24-14-25-20)16-4-2-1-3-5-16/h1-10,14,17H,11-13H2,(H,23,27). The molecule has 0 bridgehead atoms. The summed E-state index contributed by atoms with van der Waals surface area (Å²) in [5.74, 6) is 0.900. The highest BCUT2D eigenvalue weighted by Gasteiger charge is 2.33. The van der Waals surface area contributed by atoms with Crippen LogP contribution in [0.3, 0.4) is 0 Å². The van der Waals surface area contributed by atoms with Gasteiger partial charge >= 0.3 is 0 Å². The Balaban J connectivity index is 1.32. The number of hydrogen-bond donors (Lipinski definition) is 1. The minimum atomic E-state index is -0.0209. The van der Waals surface area contributed by atoms with Gasteiger partial charge in [0.1, 0.15) is 12.1 Å². The predicted molar refractivity (Wildman–Crippen MR) is 106 cm³/mol. The molecule has 2 heterocycles. The molecule has 1 amide bonds. The van der Waals surface area contributed by atoms with E-state index in [1.807, 2.05) is 60.7 Å². The second kappa shape index (κ2) is 7.76. The number of benzene rings is 2. The molecule has 0 atom stereocenters. The van der Waals surface area contributed by atoms with Gasteiger partial charge in [-0.15, -0.1) is 0 Å². The van der Waals surface area contributed by atoms with Crippen molar-refractivity contribution >= 4 is 23.3 Å². The fraction of sp³-hybridized carbons (Fsp3) is 0.190. The van der Waals surface area contributed by atoms with Crippen molar-refractivity contribution < 1.29 is 4.79 Å². The molecular weight excluding hydrogens is 360 g/mol. The molecule has 1 saturated heterocycles. The van der Waals surface area contributed by atoms with E-state index in [1.54, 1.807) is 6.33 Å². The summed E-state index contributed by atoms with van der Waals surface area (Å²) in [6.45, 7) is 1.84. The molecule has 1 fully saturated rings. The second-order valence-electron chi connectivity index (χ2n) is 6.57. The van der Waals surface area contributed by atoms with Crippen molar-refractivity contribution in [3.05, 3.63) is 77.6 Å². The van der Waals surface area contributed by atoms with E-state index in [4.69, 9.17) is 11.6 Å². The number of carbonyl (C=O) groups excluding carboxylic acids is 1. The molecule has 1 N–H and O–H groups in total. The molecule has 3 aromatic rings. The first-order chi connectivity index (χ1) is 13.2. The summed E-state index contributed by atoms with van der Waals surface area (Å²) >= 11 is 5.88. The van der Waals surface area contributed by atoms with Gasteiger partial charge < -0.3 is 10.2 Å². The van der Waals surface area contributed by atoms with Gasteiger partial charge in [0.15, 0.2) is 0 Å². The van der Waals surface area contributed by atoms with Crippen molar-refractivity contribution in [1.29, 1.82) is 0 Å².